The van der Waals surface area contributed by atoms with Crippen LogP contribution in [0.1, 0.15) is 33.1 Å². The molecule has 1 amide bonds. The predicted octanol–water partition coefficient (Wildman–Crippen LogP) is 6.11. The number of carbonyl (C=O) groups excluding carboxylic acids is 1. The van der Waals surface area contributed by atoms with Crippen LogP contribution >= 0.6 is 15.9 Å². The van der Waals surface area contributed by atoms with Gasteiger partial charge in [-0.3, -0.25) is 9.69 Å². The molecule has 0 radical (unpaired) electrons. The van der Waals surface area contributed by atoms with E-state index in [1.165, 1.54) is 11.1 Å². The van der Waals surface area contributed by atoms with Crippen molar-refractivity contribution in [3.63, 3.8) is 0 Å². The number of nitrogens with one attached hydrogen (secondary N) is 1. The van der Waals surface area contributed by atoms with Crippen molar-refractivity contribution in [1.29, 1.82) is 0 Å². The highest BCUT2D eigenvalue weighted by atomic mass is 79.9. The van der Waals surface area contributed by atoms with Crippen LogP contribution in [-0.4, -0.2) is 49.7 Å². The van der Waals surface area contributed by atoms with Crippen LogP contribution in [0.15, 0.2) is 112 Å². The Balaban J connectivity index is 1.26. The molecule has 5 rings (SSSR count). The minimum Gasteiger partial charge on any atom is -0.322 e. The zero-order valence-electron chi connectivity index (χ0n) is 21.6. The van der Waals surface area contributed by atoms with Crippen LogP contribution < -0.4 is 5.32 Å². The van der Waals surface area contributed by atoms with E-state index in [4.69, 9.17) is 0 Å². The summed E-state index contributed by atoms with van der Waals surface area (Å²) in [6, 6.07) is 32.5. The molecule has 1 aliphatic heterocycles. The van der Waals surface area contributed by atoms with E-state index in [1.54, 1.807) is 40.7 Å². The van der Waals surface area contributed by atoms with E-state index in [2.05, 4.69) is 50.4 Å². The van der Waals surface area contributed by atoms with Gasteiger partial charge in [-0.05, 0) is 60.0 Å². The van der Waals surface area contributed by atoms with Gasteiger partial charge in [0.15, 0.2) is 0 Å². The lowest BCUT2D eigenvalue weighted by atomic mass is 9.96. The lowest BCUT2D eigenvalue weighted by molar-refractivity contribution is 0.102. The second-order valence-corrected chi connectivity index (χ2v) is 12.4. The summed E-state index contributed by atoms with van der Waals surface area (Å²) in [5.74, 6) is -0.256. The summed E-state index contributed by atoms with van der Waals surface area (Å²) in [4.78, 5) is 15.2. The molecule has 4 aromatic carbocycles. The fourth-order valence-electron chi connectivity index (χ4n) is 4.88. The van der Waals surface area contributed by atoms with Gasteiger partial charge in [0.05, 0.1) is 10.9 Å². The number of hydrogen-bond acceptors (Lipinski definition) is 4. The molecule has 0 unspecified atom stereocenters. The van der Waals surface area contributed by atoms with Gasteiger partial charge in [-0.15, -0.1) is 0 Å². The van der Waals surface area contributed by atoms with Crippen LogP contribution in [0.2, 0.25) is 0 Å². The molecule has 0 aliphatic carbocycles. The third kappa shape index (κ3) is 6.15. The monoisotopic (exact) mass is 603 g/mol. The van der Waals surface area contributed by atoms with Crippen LogP contribution in [-0.2, 0) is 10.0 Å². The van der Waals surface area contributed by atoms with Crippen molar-refractivity contribution in [2.75, 3.05) is 31.5 Å². The molecule has 0 atom stereocenters. The molecule has 1 fully saturated rings. The number of carbonyl (C=O) groups is 1. The van der Waals surface area contributed by atoms with Gasteiger partial charge in [-0.2, -0.15) is 4.31 Å². The van der Waals surface area contributed by atoms with Crippen molar-refractivity contribution >= 4 is 37.5 Å². The summed E-state index contributed by atoms with van der Waals surface area (Å²) in [6.07, 6.45) is 0. The standard InChI is InChI=1S/C31H30BrN3O3S/c1-23-12-13-26(22-29(23)32)31(36)33-27-14-16-28(17-15-27)39(37,38)35-20-18-34(19-21-35)30(24-8-4-2-5-9-24)25-10-6-3-7-11-25/h2-17,22,30H,18-21H2,1H3,(H,33,36). The third-order valence-corrected chi connectivity index (χ3v) is 9.82. The Morgan fingerprint density at radius 2 is 1.36 bits per heavy atom. The molecule has 0 saturated carbocycles. The van der Waals surface area contributed by atoms with E-state index in [-0.39, 0.29) is 16.8 Å². The molecule has 4 aromatic rings. The first-order valence-corrected chi connectivity index (χ1v) is 15.1. The van der Waals surface area contributed by atoms with Crippen molar-refractivity contribution in [1.82, 2.24) is 9.21 Å². The first kappa shape index (κ1) is 27.3. The predicted molar refractivity (Wildman–Crippen MR) is 158 cm³/mol. The molecule has 1 N–H and O–H groups in total. The summed E-state index contributed by atoms with van der Waals surface area (Å²) in [7, 11) is -3.66. The average molecular weight is 605 g/mol. The van der Waals surface area contributed by atoms with Gasteiger partial charge in [-0.25, -0.2) is 8.42 Å². The number of benzene rings is 4. The Labute approximate surface area is 238 Å². The highest BCUT2D eigenvalue weighted by Crippen LogP contribution is 2.30. The number of halogens is 1. The number of hydrogen-bond donors (Lipinski definition) is 1. The molecule has 0 spiro atoms. The Hall–Kier alpha value is -3.30. The largest absolute Gasteiger partial charge is 0.322 e. The maximum absolute atomic E-state index is 13.4. The summed E-state index contributed by atoms with van der Waals surface area (Å²) in [5, 5.41) is 2.84. The maximum atomic E-state index is 13.4. The van der Waals surface area contributed by atoms with Crippen molar-refractivity contribution in [3.8, 4) is 0 Å². The maximum Gasteiger partial charge on any atom is 0.255 e. The molecule has 1 saturated heterocycles. The normalized spacial score (nSPS) is 14.8. The Bertz CT molecular complexity index is 1500. The number of sulfonamides is 1. The smallest absolute Gasteiger partial charge is 0.255 e. The molecule has 39 heavy (non-hydrogen) atoms. The number of anilines is 1. The molecular weight excluding hydrogens is 574 g/mol. The minimum atomic E-state index is -3.66. The van der Waals surface area contributed by atoms with Crippen LogP contribution in [0.4, 0.5) is 5.69 Å². The van der Waals surface area contributed by atoms with Crippen LogP contribution in [0, 0.1) is 6.92 Å². The first-order chi connectivity index (χ1) is 18.8. The molecule has 6 nitrogen and oxygen atoms in total. The quantitative estimate of drug-likeness (QED) is 0.277. The number of amides is 1. The van der Waals surface area contributed by atoms with Crippen molar-refractivity contribution < 1.29 is 13.2 Å². The molecule has 1 aliphatic rings. The van der Waals surface area contributed by atoms with Gasteiger partial charge >= 0.3 is 0 Å². The Morgan fingerprint density at radius 1 is 0.795 bits per heavy atom. The molecule has 200 valence electrons. The molecular formula is C31H30BrN3O3S. The minimum absolute atomic E-state index is 0.0642. The molecule has 1 heterocycles. The van der Waals surface area contributed by atoms with Gasteiger partial charge in [-0.1, -0.05) is 82.7 Å². The lowest BCUT2D eigenvalue weighted by Gasteiger charge is -2.39. The fraction of sp³-hybridized carbons (Fsp3) is 0.194. The van der Waals surface area contributed by atoms with Gasteiger partial charge < -0.3 is 5.32 Å². The van der Waals surface area contributed by atoms with E-state index >= 15 is 0 Å². The summed E-state index contributed by atoms with van der Waals surface area (Å²) in [5.41, 5.74) is 4.48. The van der Waals surface area contributed by atoms with Crippen LogP contribution in [0.5, 0.6) is 0 Å². The second kappa shape index (κ2) is 11.8. The third-order valence-electron chi connectivity index (χ3n) is 7.05. The van der Waals surface area contributed by atoms with Gasteiger partial charge in [0.2, 0.25) is 10.0 Å². The number of aryl methyl sites for hydroxylation is 1. The van der Waals surface area contributed by atoms with Gasteiger partial charge in [0, 0.05) is 41.9 Å². The van der Waals surface area contributed by atoms with Crippen LogP contribution in [0.3, 0.4) is 0 Å². The zero-order chi connectivity index (χ0) is 27.4. The van der Waals surface area contributed by atoms with E-state index in [0.717, 1.165) is 10.0 Å². The Kier molecular flexibility index (Phi) is 8.28. The highest BCUT2D eigenvalue weighted by Gasteiger charge is 2.32. The zero-order valence-corrected chi connectivity index (χ0v) is 24.0. The van der Waals surface area contributed by atoms with E-state index in [1.807, 2.05) is 49.4 Å². The summed E-state index contributed by atoms with van der Waals surface area (Å²) in [6.45, 7) is 4.00. The van der Waals surface area contributed by atoms with Crippen LogP contribution in [0.25, 0.3) is 0 Å². The van der Waals surface area contributed by atoms with E-state index < -0.39 is 10.0 Å². The summed E-state index contributed by atoms with van der Waals surface area (Å²) >= 11 is 3.45. The SMILES string of the molecule is Cc1ccc(C(=O)Nc2ccc(S(=O)(=O)N3CCN(C(c4ccccc4)c4ccccc4)CC3)cc2)cc1Br. The van der Waals surface area contributed by atoms with Crippen molar-refractivity contribution in [2.45, 2.75) is 17.9 Å². The number of rotatable bonds is 7. The van der Waals surface area contributed by atoms with Crippen molar-refractivity contribution in [3.05, 3.63) is 130 Å². The first-order valence-electron chi connectivity index (χ1n) is 12.8. The van der Waals surface area contributed by atoms with E-state index in [9.17, 15) is 13.2 Å². The topological polar surface area (TPSA) is 69.7 Å². The Morgan fingerprint density at radius 3 is 1.90 bits per heavy atom. The summed E-state index contributed by atoms with van der Waals surface area (Å²) < 4.78 is 29.3. The highest BCUT2D eigenvalue weighted by molar-refractivity contribution is 9.10. The van der Waals surface area contributed by atoms with Gasteiger partial charge in [0.25, 0.3) is 5.91 Å². The molecule has 0 aromatic heterocycles. The fourth-order valence-corrected chi connectivity index (χ4v) is 6.68. The van der Waals surface area contributed by atoms with E-state index in [0.29, 0.717) is 37.4 Å². The number of nitrogens with zero attached hydrogens (tertiary/aromatic N) is 2. The molecule has 0 bridgehead atoms. The lowest BCUT2D eigenvalue weighted by Crippen LogP contribution is -2.49. The van der Waals surface area contributed by atoms with Crippen molar-refractivity contribution in [2.24, 2.45) is 0 Å². The number of piperazine rings is 1. The van der Waals surface area contributed by atoms with Gasteiger partial charge in [0.1, 0.15) is 0 Å². The average Bonchev–Trinajstić information content (AvgIpc) is 2.96. The molecule has 8 heteroatoms. The second-order valence-electron chi connectivity index (χ2n) is 9.61.